The van der Waals surface area contributed by atoms with Crippen LogP contribution in [0.3, 0.4) is 0 Å². The van der Waals surface area contributed by atoms with Crippen molar-refractivity contribution in [2.45, 2.75) is 231 Å². The molecule has 2 N–H and O–H groups in total. The molecule has 0 spiro atoms. The van der Waals surface area contributed by atoms with E-state index in [0.717, 1.165) is 20.3 Å². The molecule has 2 aromatic rings. The highest BCUT2D eigenvalue weighted by molar-refractivity contribution is 5.36. The summed E-state index contributed by atoms with van der Waals surface area (Å²) < 4.78 is 12.9. The van der Waals surface area contributed by atoms with Crippen LogP contribution in [0.25, 0.3) is 0 Å². The van der Waals surface area contributed by atoms with E-state index >= 15 is 0 Å². The quantitative estimate of drug-likeness (QED) is 0.220. The number of azo groups is 1. The van der Waals surface area contributed by atoms with Crippen molar-refractivity contribution in [1.29, 1.82) is 0 Å². The second-order valence-electron chi connectivity index (χ2n) is 23.2. The SMILES string of the molecule is CC1(C)CC(Nc2nc(N=Nc3nc(NC4CC(C)(C)N([O])C(C)(C)C4)nc(OC4CC(C)(C)N([O])C(C)(C)C4)n3)nc(OC3CC(C)(C)N([O])C(C)(C)C3)n2)CC(C)(C)N1[O]. The smallest absolute Gasteiger partial charge is 0.323 e. The number of ether oxygens (including phenoxy) is 2. The summed E-state index contributed by atoms with van der Waals surface area (Å²) in [5.41, 5.74) is -5.43. The van der Waals surface area contributed by atoms with E-state index in [1.54, 1.807) is 0 Å². The molecule has 0 unspecified atom stereocenters. The summed E-state index contributed by atoms with van der Waals surface area (Å²) in [7, 11) is 0. The third-order valence-corrected chi connectivity index (χ3v) is 12.9. The van der Waals surface area contributed by atoms with Gasteiger partial charge in [-0.15, -0.1) is 51.3 Å². The molecule has 0 atom stereocenters. The van der Waals surface area contributed by atoms with Crippen LogP contribution in [0.2, 0.25) is 0 Å². The third kappa shape index (κ3) is 10.4. The zero-order chi connectivity index (χ0) is 46.2. The zero-order valence-corrected chi connectivity index (χ0v) is 39.8. The van der Waals surface area contributed by atoms with Crippen molar-refractivity contribution in [3.63, 3.8) is 0 Å². The minimum Gasteiger partial charge on any atom is -0.460 e. The number of hydrogen-bond donors (Lipinski definition) is 2. The number of aromatic nitrogens is 6. The van der Waals surface area contributed by atoms with Gasteiger partial charge in [-0.3, -0.25) is 0 Å². The topological polar surface area (TPSA) is 237 Å². The average Bonchev–Trinajstić information content (AvgIpc) is 3.09. The average molecular weight is 867 g/mol. The molecular formula is C42H70N14O6. The van der Waals surface area contributed by atoms with E-state index in [0.29, 0.717) is 51.4 Å². The van der Waals surface area contributed by atoms with E-state index in [2.05, 4.69) is 50.8 Å². The highest BCUT2D eigenvalue weighted by Gasteiger charge is 2.50. The van der Waals surface area contributed by atoms with Crippen molar-refractivity contribution in [2.75, 3.05) is 10.6 Å². The van der Waals surface area contributed by atoms with Crippen molar-refractivity contribution in [2.24, 2.45) is 10.2 Å². The molecule has 344 valence electrons. The van der Waals surface area contributed by atoms with Gasteiger partial charge in [-0.05, 0) is 136 Å². The standard InChI is InChI=1S/C42H70N14O6/c1-35(2)17-25(18-36(3,4)53(35)57)43-29-45-31(49-33(47-29)61-27-21-39(9,10)55(59)40(11,12)22-27)51-52-32-46-30(44-26-19-37(5,6)54(58)38(7,8)20-26)48-34(50-32)62-28-23-41(13,14)56(60)42(15,16)24-28/h25-28H,17-24H2,1-16H3,(H,43,45,47,49)(H,44,46,48,50). The molecule has 6 heterocycles. The summed E-state index contributed by atoms with van der Waals surface area (Å²) in [4.78, 5) is 27.7. The lowest BCUT2D eigenvalue weighted by Gasteiger charge is -2.50. The van der Waals surface area contributed by atoms with Gasteiger partial charge in [-0.1, -0.05) is 0 Å². The Hall–Kier alpha value is -3.50. The fourth-order valence-corrected chi connectivity index (χ4v) is 11.0. The summed E-state index contributed by atoms with van der Waals surface area (Å²) >= 11 is 0. The minimum atomic E-state index is -0.703. The summed E-state index contributed by atoms with van der Waals surface area (Å²) in [5, 5.41) is 72.9. The number of anilines is 2. The lowest BCUT2D eigenvalue weighted by atomic mass is 9.79. The Morgan fingerprint density at radius 3 is 0.903 bits per heavy atom. The Morgan fingerprint density at radius 2 is 0.645 bits per heavy atom. The summed E-state index contributed by atoms with van der Waals surface area (Å²) in [6.45, 7) is 30.5. The fourth-order valence-electron chi connectivity index (χ4n) is 11.0. The van der Waals surface area contributed by atoms with E-state index in [4.69, 9.17) is 9.47 Å². The fraction of sp³-hybridized carbons (Fsp3) is 0.857. The van der Waals surface area contributed by atoms with Crippen molar-refractivity contribution in [3.8, 4) is 12.0 Å². The predicted octanol–water partition coefficient (Wildman–Crippen LogP) is 7.52. The van der Waals surface area contributed by atoms with Gasteiger partial charge in [0.15, 0.2) is 0 Å². The maximum absolute atomic E-state index is 13.2. The molecule has 20 nitrogen and oxygen atoms in total. The van der Waals surface area contributed by atoms with Crippen LogP contribution >= 0.6 is 0 Å². The summed E-state index contributed by atoms with van der Waals surface area (Å²) in [5.74, 6) is 0.192. The van der Waals surface area contributed by atoms with Crippen molar-refractivity contribution in [1.82, 2.24) is 50.2 Å². The second-order valence-corrected chi connectivity index (χ2v) is 23.2. The highest BCUT2D eigenvalue weighted by Crippen LogP contribution is 2.42. The number of hydroxylamine groups is 8. The van der Waals surface area contributed by atoms with Gasteiger partial charge < -0.3 is 20.1 Å². The Balaban J connectivity index is 1.35. The molecule has 0 saturated carbocycles. The van der Waals surface area contributed by atoms with Crippen LogP contribution in [0.5, 0.6) is 12.0 Å². The molecule has 2 aromatic heterocycles. The zero-order valence-electron chi connectivity index (χ0n) is 39.8. The minimum absolute atomic E-state index is 0.000838. The first-order valence-corrected chi connectivity index (χ1v) is 21.9. The molecule has 0 aromatic carbocycles. The number of rotatable bonds is 10. The van der Waals surface area contributed by atoms with E-state index in [9.17, 15) is 20.8 Å². The molecule has 4 fully saturated rings. The largest absolute Gasteiger partial charge is 0.460 e. The van der Waals surface area contributed by atoms with Crippen LogP contribution in [0.15, 0.2) is 10.2 Å². The molecule has 4 radical (unpaired) electrons. The van der Waals surface area contributed by atoms with Gasteiger partial charge in [0.25, 0.3) is 11.9 Å². The normalized spacial score (nSPS) is 27.0. The predicted molar refractivity (Wildman–Crippen MR) is 227 cm³/mol. The first kappa shape index (κ1) is 48.0. The first-order chi connectivity index (χ1) is 28.2. The lowest BCUT2D eigenvalue weighted by Crippen LogP contribution is -2.60. The first-order valence-electron chi connectivity index (χ1n) is 21.9. The monoisotopic (exact) mass is 867 g/mol. The van der Waals surface area contributed by atoms with Gasteiger partial charge in [0.2, 0.25) is 11.9 Å². The van der Waals surface area contributed by atoms with Crippen LogP contribution in [0, 0.1) is 0 Å². The molecular weight excluding hydrogens is 797 g/mol. The summed E-state index contributed by atoms with van der Waals surface area (Å²) in [6, 6.07) is -0.343. The van der Waals surface area contributed by atoms with Crippen LogP contribution < -0.4 is 20.1 Å². The molecule has 6 rings (SSSR count). The van der Waals surface area contributed by atoms with Crippen LogP contribution in [-0.4, -0.2) is 119 Å². The van der Waals surface area contributed by atoms with Crippen LogP contribution in [0.4, 0.5) is 23.8 Å². The maximum Gasteiger partial charge on any atom is 0.323 e. The summed E-state index contributed by atoms with van der Waals surface area (Å²) in [6.07, 6.45) is 3.05. The lowest BCUT2D eigenvalue weighted by molar-refractivity contribution is -0.297. The number of hydrogen-bond acceptors (Lipinski definition) is 16. The van der Waals surface area contributed by atoms with Gasteiger partial charge in [0, 0.05) is 82.1 Å². The second kappa shape index (κ2) is 16.2. The number of piperidine rings is 4. The van der Waals surface area contributed by atoms with Gasteiger partial charge in [0.1, 0.15) is 12.2 Å². The van der Waals surface area contributed by atoms with Gasteiger partial charge in [-0.25, -0.2) is 0 Å². The van der Waals surface area contributed by atoms with E-state index in [1.165, 1.54) is 0 Å². The molecule has 4 aliphatic heterocycles. The van der Waals surface area contributed by atoms with Crippen LogP contribution in [-0.2, 0) is 20.8 Å². The Labute approximate surface area is 367 Å². The van der Waals surface area contributed by atoms with Gasteiger partial charge in [-0.2, -0.15) is 29.9 Å². The third-order valence-electron chi connectivity index (χ3n) is 12.9. The molecule has 0 bridgehead atoms. The van der Waals surface area contributed by atoms with Crippen LogP contribution in [0.1, 0.15) is 162 Å². The molecule has 4 saturated heterocycles. The molecule has 4 aliphatic rings. The Kier molecular flexibility index (Phi) is 12.5. The van der Waals surface area contributed by atoms with Crippen molar-refractivity contribution >= 4 is 23.8 Å². The number of nitrogens with one attached hydrogen (secondary N) is 2. The molecule has 62 heavy (non-hydrogen) atoms. The molecule has 0 amide bonds. The van der Waals surface area contributed by atoms with Gasteiger partial charge >= 0.3 is 12.0 Å². The number of nitrogens with zero attached hydrogens (tertiary/aromatic N) is 12. The molecule has 20 heteroatoms. The Bertz CT molecular complexity index is 1640. The van der Waals surface area contributed by atoms with Crippen molar-refractivity contribution < 1.29 is 30.3 Å². The van der Waals surface area contributed by atoms with Crippen molar-refractivity contribution in [3.05, 3.63) is 0 Å². The molecule has 0 aliphatic carbocycles. The van der Waals surface area contributed by atoms with Gasteiger partial charge in [0.05, 0.1) is 0 Å². The highest BCUT2D eigenvalue weighted by atomic mass is 16.5. The van der Waals surface area contributed by atoms with E-state index in [1.807, 2.05) is 111 Å². The van der Waals surface area contributed by atoms with E-state index < -0.39 is 56.5 Å². The Morgan fingerprint density at radius 1 is 0.403 bits per heavy atom. The maximum atomic E-state index is 13.2. The van der Waals surface area contributed by atoms with E-state index in [-0.39, 0.29) is 47.9 Å².